The summed E-state index contributed by atoms with van der Waals surface area (Å²) in [4.78, 5) is 14.7. The van der Waals surface area contributed by atoms with Crippen LogP contribution in [0.2, 0.25) is 0 Å². The van der Waals surface area contributed by atoms with Crippen molar-refractivity contribution < 1.29 is 4.79 Å². The van der Waals surface area contributed by atoms with Gasteiger partial charge in [-0.15, -0.1) is 11.3 Å². The van der Waals surface area contributed by atoms with Gasteiger partial charge in [0.2, 0.25) is 0 Å². The zero-order chi connectivity index (χ0) is 11.5. The normalized spacial score (nSPS) is 20.2. The van der Waals surface area contributed by atoms with Crippen molar-refractivity contribution in [1.82, 2.24) is 15.5 Å². The Balaban J connectivity index is 1.98. The molecule has 1 saturated heterocycles. The van der Waals surface area contributed by atoms with E-state index in [0.29, 0.717) is 0 Å². The molecule has 88 valence electrons. The maximum atomic E-state index is 11.7. The molecule has 1 aliphatic rings. The number of nitrogens with one attached hydrogen (secondary N) is 2. The van der Waals surface area contributed by atoms with E-state index in [4.69, 9.17) is 0 Å². The van der Waals surface area contributed by atoms with Gasteiger partial charge in [-0.1, -0.05) is 0 Å². The number of hydrogen-bond acceptors (Lipinski definition) is 3. The van der Waals surface area contributed by atoms with Crippen molar-refractivity contribution in [2.45, 2.75) is 6.04 Å². The lowest BCUT2D eigenvalue weighted by molar-refractivity contribution is 0.218. The van der Waals surface area contributed by atoms with Gasteiger partial charge < -0.3 is 15.5 Å². The van der Waals surface area contributed by atoms with Crippen molar-refractivity contribution in [1.29, 1.82) is 0 Å². The van der Waals surface area contributed by atoms with Gasteiger partial charge in [0, 0.05) is 34.4 Å². The van der Waals surface area contributed by atoms with Crippen LogP contribution in [0.15, 0.2) is 15.9 Å². The van der Waals surface area contributed by atoms with Crippen molar-refractivity contribution in [2.24, 2.45) is 0 Å². The molecule has 1 aromatic heterocycles. The minimum Gasteiger partial charge on any atom is -0.329 e. The summed E-state index contributed by atoms with van der Waals surface area (Å²) < 4.78 is 1.08. The van der Waals surface area contributed by atoms with Gasteiger partial charge in [-0.3, -0.25) is 0 Å². The first-order valence-electron chi connectivity index (χ1n) is 5.14. The fourth-order valence-corrected chi connectivity index (χ4v) is 3.19. The zero-order valence-corrected chi connectivity index (χ0v) is 11.4. The number of thiophene rings is 1. The summed E-state index contributed by atoms with van der Waals surface area (Å²) in [7, 11) is 1.89. The number of amides is 2. The SMILES string of the molecule is CNCCN1CC(c2cc(Br)cs2)NC1=O. The van der Waals surface area contributed by atoms with E-state index in [1.54, 1.807) is 11.3 Å². The maximum Gasteiger partial charge on any atom is 0.318 e. The van der Waals surface area contributed by atoms with E-state index in [1.807, 2.05) is 17.3 Å². The fraction of sp³-hybridized carbons (Fsp3) is 0.500. The van der Waals surface area contributed by atoms with Gasteiger partial charge in [-0.25, -0.2) is 4.79 Å². The third-order valence-electron chi connectivity index (χ3n) is 2.55. The lowest BCUT2D eigenvalue weighted by Gasteiger charge is -2.13. The van der Waals surface area contributed by atoms with E-state index in [0.717, 1.165) is 24.1 Å². The van der Waals surface area contributed by atoms with Gasteiger partial charge >= 0.3 is 6.03 Å². The topological polar surface area (TPSA) is 44.4 Å². The predicted octanol–water partition coefficient (Wildman–Crippen LogP) is 1.80. The molecule has 1 fully saturated rings. The Morgan fingerprint density at radius 2 is 2.56 bits per heavy atom. The largest absolute Gasteiger partial charge is 0.329 e. The molecule has 1 atom stereocenters. The Hall–Kier alpha value is -0.590. The highest BCUT2D eigenvalue weighted by Crippen LogP contribution is 2.28. The molecule has 2 N–H and O–H groups in total. The second-order valence-electron chi connectivity index (χ2n) is 3.72. The Morgan fingerprint density at radius 1 is 1.75 bits per heavy atom. The minimum atomic E-state index is 0.0322. The van der Waals surface area contributed by atoms with E-state index in [-0.39, 0.29) is 12.1 Å². The third kappa shape index (κ3) is 2.56. The molecule has 0 aromatic carbocycles. The number of nitrogens with zero attached hydrogens (tertiary/aromatic N) is 1. The average Bonchev–Trinajstić information content (AvgIpc) is 2.82. The lowest BCUT2D eigenvalue weighted by Crippen LogP contribution is -2.33. The van der Waals surface area contributed by atoms with E-state index < -0.39 is 0 Å². The Kier molecular flexibility index (Phi) is 3.83. The van der Waals surface area contributed by atoms with Crippen LogP contribution in [0.4, 0.5) is 4.79 Å². The number of rotatable bonds is 4. The molecule has 1 aliphatic heterocycles. The molecule has 0 spiro atoms. The van der Waals surface area contributed by atoms with Gasteiger partial charge in [-0.05, 0) is 29.0 Å². The highest BCUT2D eigenvalue weighted by atomic mass is 79.9. The van der Waals surface area contributed by atoms with Crippen molar-refractivity contribution in [3.05, 3.63) is 20.8 Å². The molecule has 2 rings (SSSR count). The molecule has 0 bridgehead atoms. The van der Waals surface area contributed by atoms with Crippen LogP contribution in [0, 0.1) is 0 Å². The molecule has 0 saturated carbocycles. The van der Waals surface area contributed by atoms with Gasteiger partial charge in [0.25, 0.3) is 0 Å². The second-order valence-corrected chi connectivity index (χ2v) is 5.58. The van der Waals surface area contributed by atoms with Crippen LogP contribution in [0.25, 0.3) is 0 Å². The standard InChI is InChI=1S/C10H14BrN3OS/c1-12-2-3-14-5-8(13-10(14)15)9-4-7(11)6-16-9/h4,6,8,12H,2-3,5H2,1H3,(H,13,15). The van der Waals surface area contributed by atoms with Crippen LogP contribution in [0.1, 0.15) is 10.9 Å². The third-order valence-corrected chi connectivity index (χ3v) is 4.36. The Morgan fingerprint density at radius 3 is 3.19 bits per heavy atom. The molecule has 4 nitrogen and oxygen atoms in total. The van der Waals surface area contributed by atoms with Gasteiger partial charge in [-0.2, -0.15) is 0 Å². The number of carbonyl (C=O) groups excluding carboxylic acids is 1. The lowest BCUT2D eigenvalue weighted by atomic mass is 10.2. The quantitative estimate of drug-likeness (QED) is 0.891. The summed E-state index contributed by atoms with van der Waals surface area (Å²) in [5, 5.41) is 8.08. The van der Waals surface area contributed by atoms with Gasteiger partial charge in [0.05, 0.1) is 6.04 Å². The summed E-state index contributed by atoms with van der Waals surface area (Å²) in [6.07, 6.45) is 0. The maximum absolute atomic E-state index is 11.7. The predicted molar refractivity (Wildman–Crippen MR) is 68.8 cm³/mol. The van der Waals surface area contributed by atoms with Crippen LogP contribution in [-0.4, -0.2) is 37.6 Å². The Labute approximate surface area is 107 Å². The molecule has 16 heavy (non-hydrogen) atoms. The zero-order valence-electron chi connectivity index (χ0n) is 9.00. The van der Waals surface area contributed by atoms with E-state index in [9.17, 15) is 4.79 Å². The molecular weight excluding hydrogens is 290 g/mol. The highest BCUT2D eigenvalue weighted by molar-refractivity contribution is 9.10. The van der Waals surface area contributed by atoms with Crippen LogP contribution < -0.4 is 10.6 Å². The summed E-state index contributed by atoms with van der Waals surface area (Å²) in [6.45, 7) is 2.34. The molecule has 6 heteroatoms. The molecule has 0 aliphatic carbocycles. The number of carbonyl (C=O) groups is 1. The summed E-state index contributed by atoms with van der Waals surface area (Å²) in [5.41, 5.74) is 0. The first-order valence-corrected chi connectivity index (χ1v) is 6.82. The summed E-state index contributed by atoms with van der Waals surface area (Å²) in [6, 6.07) is 2.24. The number of hydrogen-bond donors (Lipinski definition) is 2. The highest BCUT2D eigenvalue weighted by Gasteiger charge is 2.29. The second kappa shape index (κ2) is 5.16. The molecule has 1 unspecified atom stereocenters. The van der Waals surface area contributed by atoms with E-state index >= 15 is 0 Å². The van der Waals surface area contributed by atoms with E-state index in [2.05, 4.69) is 32.6 Å². The van der Waals surface area contributed by atoms with Crippen LogP contribution in [-0.2, 0) is 0 Å². The minimum absolute atomic E-state index is 0.0322. The van der Waals surface area contributed by atoms with Crippen molar-refractivity contribution in [3.8, 4) is 0 Å². The Bertz CT molecular complexity index is 382. The van der Waals surface area contributed by atoms with Crippen molar-refractivity contribution >= 4 is 33.3 Å². The first kappa shape index (κ1) is 11.9. The molecule has 1 aromatic rings. The van der Waals surface area contributed by atoms with E-state index in [1.165, 1.54) is 4.88 Å². The molecule has 2 amide bonds. The molecule has 2 heterocycles. The van der Waals surface area contributed by atoms with Crippen LogP contribution in [0.5, 0.6) is 0 Å². The number of urea groups is 1. The van der Waals surface area contributed by atoms with Crippen molar-refractivity contribution in [2.75, 3.05) is 26.7 Å². The van der Waals surface area contributed by atoms with Gasteiger partial charge in [0.15, 0.2) is 0 Å². The summed E-state index contributed by atoms with van der Waals surface area (Å²) >= 11 is 5.10. The molecule has 0 radical (unpaired) electrons. The average molecular weight is 304 g/mol. The number of halogens is 1. The smallest absolute Gasteiger partial charge is 0.318 e. The van der Waals surface area contributed by atoms with Crippen LogP contribution in [0.3, 0.4) is 0 Å². The summed E-state index contributed by atoms with van der Waals surface area (Å²) in [5.74, 6) is 0. The van der Waals surface area contributed by atoms with Gasteiger partial charge in [0.1, 0.15) is 0 Å². The fourth-order valence-electron chi connectivity index (χ4n) is 1.70. The molecular formula is C10H14BrN3OS. The van der Waals surface area contributed by atoms with Crippen LogP contribution >= 0.6 is 27.3 Å². The first-order chi connectivity index (χ1) is 7.70. The monoisotopic (exact) mass is 303 g/mol. The van der Waals surface area contributed by atoms with Crippen molar-refractivity contribution in [3.63, 3.8) is 0 Å². The number of likely N-dealkylation sites (N-methyl/N-ethyl adjacent to an activating group) is 1.